The number of hydrogen-bond donors (Lipinski definition) is 0. The van der Waals surface area contributed by atoms with Crippen LogP contribution in [0.1, 0.15) is 53.3 Å². The van der Waals surface area contributed by atoms with Crippen LogP contribution < -0.4 is 14.5 Å². The van der Waals surface area contributed by atoms with Crippen LogP contribution in [0.25, 0.3) is 0 Å². The number of rotatable bonds is 6. The molecule has 0 aliphatic carbocycles. The van der Waals surface area contributed by atoms with Crippen LogP contribution in [-0.4, -0.2) is 96.7 Å². The second kappa shape index (κ2) is 12.2. The highest BCUT2D eigenvalue weighted by Crippen LogP contribution is 2.42. The predicted molar refractivity (Wildman–Crippen MR) is 174 cm³/mol. The lowest BCUT2D eigenvalue weighted by molar-refractivity contribution is -0.136. The van der Waals surface area contributed by atoms with E-state index in [4.69, 9.17) is 14.7 Å². The van der Waals surface area contributed by atoms with Crippen LogP contribution in [-0.2, 0) is 37.1 Å². The summed E-state index contributed by atoms with van der Waals surface area (Å²) in [7, 11) is 4.33. The average molecular weight is 614 g/mol. The number of carbonyl (C=O) groups excluding carboxylic acids is 1. The Bertz CT molecular complexity index is 1590. The van der Waals surface area contributed by atoms with Crippen molar-refractivity contribution in [2.75, 3.05) is 69.7 Å². The third-order valence-corrected chi connectivity index (χ3v) is 10.1. The van der Waals surface area contributed by atoms with Crippen molar-refractivity contribution in [3.63, 3.8) is 0 Å². The SMILES string of the molecule is CC(F)C(=O)N1CCN(c2nc(Oc3cccc4c3CCN(C)C4)nc3c2CCN3C(C)c2cccc3c2CCN(C)C3)CC1. The van der Waals surface area contributed by atoms with Gasteiger partial charge in [0.05, 0.1) is 6.04 Å². The van der Waals surface area contributed by atoms with Crippen LogP contribution >= 0.6 is 0 Å². The summed E-state index contributed by atoms with van der Waals surface area (Å²) in [5, 5.41) is 0. The molecule has 10 heteroatoms. The van der Waals surface area contributed by atoms with Gasteiger partial charge in [0, 0.05) is 70.0 Å². The zero-order valence-corrected chi connectivity index (χ0v) is 26.9. The second-order valence-corrected chi connectivity index (χ2v) is 13.1. The fourth-order valence-corrected chi connectivity index (χ4v) is 7.56. The van der Waals surface area contributed by atoms with Gasteiger partial charge < -0.3 is 29.2 Å². The smallest absolute Gasteiger partial charge is 0.325 e. The van der Waals surface area contributed by atoms with Crippen molar-refractivity contribution >= 4 is 17.5 Å². The molecule has 45 heavy (non-hydrogen) atoms. The standard InChI is InChI=1S/C35H44FN7O2/c1-23(36)34(44)42-19-17-41(18-20-42)32-30-13-16-43(24(2)27-9-5-7-25-21-39(3)14-11-28(25)27)33(30)38-35(37-32)45-31-10-6-8-26-22-40(4)15-12-29(26)31/h5-10,23-24H,11-22H2,1-4H3. The van der Waals surface area contributed by atoms with Crippen molar-refractivity contribution in [2.45, 2.75) is 58.4 Å². The Morgan fingerprint density at radius 2 is 1.40 bits per heavy atom. The van der Waals surface area contributed by atoms with Crippen molar-refractivity contribution in [3.8, 4) is 11.8 Å². The van der Waals surface area contributed by atoms with Crippen molar-refractivity contribution in [1.29, 1.82) is 0 Å². The highest BCUT2D eigenvalue weighted by Gasteiger charge is 2.35. The number of ether oxygens (including phenoxy) is 1. The lowest BCUT2D eigenvalue weighted by atomic mass is 9.91. The first-order valence-electron chi connectivity index (χ1n) is 16.4. The Labute approximate surface area is 265 Å². The zero-order chi connectivity index (χ0) is 31.2. The summed E-state index contributed by atoms with van der Waals surface area (Å²) in [6.07, 6.45) is 1.31. The lowest BCUT2D eigenvalue weighted by Crippen LogP contribution is -2.51. The molecule has 4 aliphatic heterocycles. The van der Waals surface area contributed by atoms with Gasteiger partial charge in [-0.1, -0.05) is 30.3 Å². The van der Waals surface area contributed by atoms with E-state index in [-0.39, 0.29) is 6.04 Å². The highest BCUT2D eigenvalue weighted by atomic mass is 19.1. The molecule has 0 radical (unpaired) electrons. The number of benzene rings is 2. The molecular formula is C35H44FN7O2. The van der Waals surface area contributed by atoms with Crippen LogP contribution in [0, 0.1) is 0 Å². The number of fused-ring (bicyclic) bond motifs is 3. The largest absolute Gasteiger partial charge is 0.424 e. The number of piperazine rings is 1. The van der Waals surface area contributed by atoms with E-state index >= 15 is 0 Å². The van der Waals surface area contributed by atoms with Gasteiger partial charge in [-0.25, -0.2) is 4.39 Å². The van der Waals surface area contributed by atoms with Gasteiger partial charge in [0.15, 0.2) is 6.17 Å². The van der Waals surface area contributed by atoms with E-state index in [1.807, 2.05) is 12.1 Å². The first-order chi connectivity index (χ1) is 21.8. The molecule has 1 aromatic heterocycles. The van der Waals surface area contributed by atoms with Crippen LogP contribution in [0.4, 0.5) is 16.0 Å². The molecule has 2 unspecified atom stereocenters. The first-order valence-corrected chi connectivity index (χ1v) is 16.4. The van der Waals surface area contributed by atoms with Gasteiger partial charge in [0.25, 0.3) is 5.91 Å². The summed E-state index contributed by atoms with van der Waals surface area (Å²) >= 11 is 0. The van der Waals surface area contributed by atoms with Crippen LogP contribution in [0.15, 0.2) is 36.4 Å². The lowest BCUT2D eigenvalue weighted by Gasteiger charge is -2.36. The van der Waals surface area contributed by atoms with E-state index in [0.29, 0.717) is 32.2 Å². The molecule has 1 fully saturated rings. The molecule has 0 bridgehead atoms. The minimum absolute atomic E-state index is 0.140. The number of carbonyl (C=O) groups is 1. The molecule has 0 N–H and O–H groups in total. The molecule has 4 aliphatic rings. The predicted octanol–water partition coefficient (Wildman–Crippen LogP) is 4.38. The topological polar surface area (TPSA) is 68.3 Å². The first kappa shape index (κ1) is 29.9. The number of halogens is 1. The number of alkyl halides is 1. The highest BCUT2D eigenvalue weighted by molar-refractivity contribution is 5.80. The Morgan fingerprint density at radius 1 is 0.778 bits per heavy atom. The Hall–Kier alpha value is -3.76. The van der Waals surface area contributed by atoms with Crippen molar-refractivity contribution < 1.29 is 13.9 Å². The molecule has 2 atom stereocenters. The monoisotopic (exact) mass is 613 g/mol. The molecule has 0 saturated carbocycles. The summed E-state index contributed by atoms with van der Waals surface area (Å²) in [4.78, 5) is 33.5. The van der Waals surface area contributed by atoms with Gasteiger partial charge in [0.2, 0.25) is 0 Å². The fourth-order valence-electron chi connectivity index (χ4n) is 7.56. The molecule has 5 heterocycles. The molecule has 2 aromatic carbocycles. The van der Waals surface area contributed by atoms with Gasteiger partial charge in [-0.3, -0.25) is 4.79 Å². The van der Waals surface area contributed by atoms with E-state index in [9.17, 15) is 9.18 Å². The number of amides is 1. The summed E-state index contributed by atoms with van der Waals surface area (Å²) in [5.41, 5.74) is 7.86. The van der Waals surface area contributed by atoms with Crippen molar-refractivity contribution in [1.82, 2.24) is 24.7 Å². The van der Waals surface area contributed by atoms with E-state index in [2.05, 4.69) is 64.9 Å². The fraction of sp³-hybridized carbons (Fsp3) is 0.514. The third-order valence-electron chi connectivity index (χ3n) is 10.1. The minimum atomic E-state index is -1.49. The summed E-state index contributed by atoms with van der Waals surface area (Å²) in [6, 6.07) is 13.5. The maximum atomic E-state index is 13.8. The van der Waals surface area contributed by atoms with E-state index < -0.39 is 12.1 Å². The molecule has 9 nitrogen and oxygen atoms in total. The van der Waals surface area contributed by atoms with Gasteiger partial charge in [-0.15, -0.1) is 0 Å². The Kier molecular flexibility index (Phi) is 8.12. The van der Waals surface area contributed by atoms with Gasteiger partial charge in [0.1, 0.15) is 17.4 Å². The summed E-state index contributed by atoms with van der Waals surface area (Å²) < 4.78 is 20.4. The van der Waals surface area contributed by atoms with E-state index in [1.54, 1.807) is 4.90 Å². The number of aromatic nitrogens is 2. The summed E-state index contributed by atoms with van der Waals surface area (Å²) in [5.74, 6) is 2.17. The maximum absolute atomic E-state index is 13.8. The average Bonchev–Trinajstić information content (AvgIpc) is 3.47. The van der Waals surface area contributed by atoms with Crippen molar-refractivity contribution in [3.05, 3.63) is 69.8 Å². The minimum Gasteiger partial charge on any atom is -0.424 e. The van der Waals surface area contributed by atoms with Crippen LogP contribution in [0.3, 0.4) is 0 Å². The summed E-state index contributed by atoms with van der Waals surface area (Å²) in [6.45, 7) is 10.5. The van der Waals surface area contributed by atoms with Crippen LogP contribution in [0.5, 0.6) is 11.8 Å². The molecule has 0 spiro atoms. The number of likely N-dealkylation sites (N-methyl/N-ethyl adjacent to an activating group) is 2. The number of nitrogens with zero attached hydrogens (tertiary/aromatic N) is 7. The van der Waals surface area contributed by atoms with Crippen LogP contribution in [0.2, 0.25) is 0 Å². The van der Waals surface area contributed by atoms with Gasteiger partial charge in [-0.05, 0) is 75.5 Å². The van der Waals surface area contributed by atoms with E-state index in [1.165, 1.54) is 34.7 Å². The quantitative estimate of drug-likeness (QED) is 0.406. The Morgan fingerprint density at radius 3 is 2.11 bits per heavy atom. The molecular weight excluding hydrogens is 569 g/mol. The van der Waals surface area contributed by atoms with Gasteiger partial charge in [-0.2, -0.15) is 9.97 Å². The third kappa shape index (κ3) is 5.74. The molecule has 1 saturated heterocycles. The number of hydrogen-bond acceptors (Lipinski definition) is 8. The molecule has 7 rings (SSSR count). The van der Waals surface area contributed by atoms with Gasteiger partial charge >= 0.3 is 6.01 Å². The second-order valence-electron chi connectivity index (χ2n) is 13.1. The Balaban J connectivity index is 1.24. The molecule has 1 amide bonds. The number of anilines is 2. The molecule has 3 aromatic rings. The van der Waals surface area contributed by atoms with E-state index in [0.717, 1.165) is 74.9 Å². The maximum Gasteiger partial charge on any atom is 0.325 e. The molecule has 238 valence electrons. The normalized spacial score (nSPS) is 20.0. The van der Waals surface area contributed by atoms with Crippen molar-refractivity contribution in [2.24, 2.45) is 0 Å². The zero-order valence-electron chi connectivity index (χ0n) is 26.9.